The van der Waals surface area contributed by atoms with E-state index in [0.29, 0.717) is 0 Å². The van der Waals surface area contributed by atoms with Gasteiger partial charge in [-0.25, -0.2) is 0 Å². The molecular formula is C11H11NO. The lowest BCUT2D eigenvalue weighted by Crippen LogP contribution is -1.93. The zero-order valence-electron chi connectivity index (χ0n) is 7.44. The number of pyridine rings is 1. The summed E-state index contributed by atoms with van der Waals surface area (Å²) in [7, 11) is 0. The van der Waals surface area contributed by atoms with Crippen LogP contribution in [-0.2, 0) is 0 Å². The van der Waals surface area contributed by atoms with Crippen LogP contribution in [-0.4, -0.2) is 10.1 Å². The van der Waals surface area contributed by atoms with E-state index in [9.17, 15) is 5.11 Å². The van der Waals surface area contributed by atoms with Gasteiger partial charge < -0.3 is 5.11 Å². The van der Waals surface area contributed by atoms with E-state index in [4.69, 9.17) is 0 Å². The monoisotopic (exact) mass is 173 g/mol. The van der Waals surface area contributed by atoms with Crippen LogP contribution in [0.5, 0.6) is 0 Å². The van der Waals surface area contributed by atoms with E-state index >= 15 is 0 Å². The van der Waals surface area contributed by atoms with Gasteiger partial charge in [-0.1, -0.05) is 18.2 Å². The van der Waals surface area contributed by atoms with E-state index in [-0.39, 0.29) is 0 Å². The molecule has 0 fully saturated rings. The van der Waals surface area contributed by atoms with Gasteiger partial charge in [-0.2, -0.15) is 0 Å². The van der Waals surface area contributed by atoms with E-state index < -0.39 is 6.10 Å². The van der Waals surface area contributed by atoms with Crippen molar-refractivity contribution < 1.29 is 5.11 Å². The van der Waals surface area contributed by atoms with Crippen molar-refractivity contribution in [2.75, 3.05) is 0 Å². The number of aromatic nitrogens is 1. The number of hydrogen-bond donors (Lipinski definition) is 1. The number of aliphatic hydroxyl groups is 1. The highest BCUT2D eigenvalue weighted by Gasteiger charge is 2.05. The highest BCUT2D eigenvalue weighted by Crippen LogP contribution is 2.21. The normalized spacial score (nSPS) is 13.1. The molecule has 1 heterocycles. The Kier molecular flexibility index (Phi) is 1.99. The van der Waals surface area contributed by atoms with Crippen LogP contribution >= 0.6 is 0 Å². The van der Waals surface area contributed by atoms with Crippen molar-refractivity contribution in [2.24, 2.45) is 0 Å². The first-order chi connectivity index (χ1) is 6.29. The van der Waals surface area contributed by atoms with Gasteiger partial charge >= 0.3 is 0 Å². The molecule has 0 bridgehead atoms. The highest BCUT2D eigenvalue weighted by molar-refractivity contribution is 5.82. The van der Waals surface area contributed by atoms with E-state index in [1.54, 1.807) is 13.1 Å². The number of nitrogens with zero attached hydrogens (tertiary/aromatic N) is 1. The van der Waals surface area contributed by atoms with Crippen molar-refractivity contribution in [3.05, 3.63) is 42.1 Å². The molecule has 0 amide bonds. The third kappa shape index (κ3) is 1.40. The van der Waals surface area contributed by atoms with Gasteiger partial charge in [0.05, 0.1) is 11.6 Å². The van der Waals surface area contributed by atoms with Gasteiger partial charge in [0.1, 0.15) is 0 Å². The molecule has 1 atom stereocenters. The van der Waals surface area contributed by atoms with Crippen LogP contribution in [0.1, 0.15) is 18.6 Å². The molecule has 0 radical (unpaired) electrons. The SMILES string of the molecule is C[C@@H](O)c1ccnc2ccccc12. The Morgan fingerprint density at radius 1 is 1.23 bits per heavy atom. The van der Waals surface area contributed by atoms with Crippen LogP contribution < -0.4 is 0 Å². The second kappa shape index (κ2) is 3.15. The third-order valence-electron chi connectivity index (χ3n) is 2.13. The maximum atomic E-state index is 9.49. The predicted octanol–water partition coefficient (Wildman–Crippen LogP) is 2.29. The van der Waals surface area contributed by atoms with Crippen LogP contribution in [0.3, 0.4) is 0 Å². The fourth-order valence-electron chi connectivity index (χ4n) is 1.48. The Morgan fingerprint density at radius 3 is 2.77 bits per heavy atom. The summed E-state index contributed by atoms with van der Waals surface area (Å²) in [5, 5.41) is 10.5. The van der Waals surface area contributed by atoms with E-state index in [1.165, 1.54) is 0 Å². The standard InChI is InChI=1S/C11H11NO/c1-8(13)9-6-7-12-11-5-3-2-4-10(9)11/h2-8,13H,1H3/t8-/m1/s1. The molecule has 0 aliphatic rings. The Bertz CT molecular complexity index is 418. The van der Waals surface area contributed by atoms with Crippen LogP contribution in [0.15, 0.2) is 36.5 Å². The minimum atomic E-state index is -0.437. The summed E-state index contributed by atoms with van der Waals surface area (Å²) in [5.74, 6) is 0. The average Bonchev–Trinajstić information content (AvgIpc) is 2.17. The topological polar surface area (TPSA) is 33.1 Å². The van der Waals surface area contributed by atoms with Crippen molar-refractivity contribution in [1.82, 2.24) is 4.98 Å². The molecule has 1 N–H and O–H groups in total. The third-order valence-corrected chi connectivity index (χ3v) is 2.13. The van der Waals surface area contributed by atoms with Crippen LogP contribution in [0.25, 0.3) is 10.9 Å². The fourth-order valence-corrected chi connectivity index (χ4v) is 1.48. The molecular weight excluding hydrogens is 162 g/mol. The fraction of sp³-hybridized carbons (Fsp3) is 0.182. The van der Waals surface area contributed by atoms with Crippen LogP contribution in [0, 0.1) is 0 Å². The number of hydrogen-bond acceptors (Lipinski definition) is 2. The van der Waals surface area contributed by atoms with Crippen molar-refractivity contribution >= 4 is 10.9 Å². The van der Waals surface area contributed by atoms with Gasteiger partial charge in [-0.3, -0.25) is 4.98 Å². The molecule has 0 saturated heterocycles. The summed E-state index contributed by atoms with van der Waals surface area (Å²) in [5.41, 5.74) is 1.87. The molecule has 66 valence electrons. The predicted molar refractivity (Wildman–Crippen MR) is 52.4 cm³/mol. The molecule has 13 heavy (non-hydrogen) atoms. The van der Waals surface area contributed by atoms with Gasteiger partial charge in [0.15, 0.2) is 0 Å². The summed E-state index contributed by atoms with van der Waals surface area (Å²) in [4.78, 5) is 4.21. The molecule has 2 rings (SSSR count). The Balaban J connectivity index is 2.76. The van der Waals surface area contributed by atoms with E-state index in [0.717, 1.165) is 16.5 Å². The highest BCUT2D eigenvalue weighted by atomic mass is 16.3. The van der Waals surface area contributed by atoms with Gasteiger partial charge in [0, 0.05) is 11.6 Å². The summed E-state index contributed by atoms with van der Waals surface area (Å²) in [6.45, 7) is 1.77. The maximum absolute atomic E-state index is 9.49. The minimum absolute atomic E-state index is 0.437. The van der Waals surface area contributed by atoms with Gasteiger partial charge in [0.25, 0.3) is 0 Å². The average molecular weight is 173 g/mol. The van der Waals surface area contributed by atoms with Crippen molar-refractivity contribution in [3.63, 3.8) is 0 Å². The molecule has 2 nitrogen and oxygen atoms in total. The molecule has 1 aromatic heterocycles. The lowest BCUT2D eigenvalue weighted by atomic mass is 10.1. The second-order valence-electron chi connectivity index (χ2n) is 3.09. The molecule has 2 heteroatoms. The summed E-state index contributed by atoms with van der Waals surface area (Å²) in [6, 6.07) is 9.68. The zero-order valence-corrected chi connectivity index (χ0v) is 7.44. The number of aliphatic hydroxyl groups excluding tert-OH is 1. The lowest BCUT2D eigenvalue weighted by molar-refractivity contribution is 0.201. The van der Waals surface area contributed by atoms with Crippen molar-refractivity contribution in [1.29, 1.82) is 0 Å². The number of benzene rings is 1. The number of fused-ring (bicyclic) bond motifs is 1. The number of para-hydroxylation sites is 1. The second-order valence-corrected chi connectivity index (χ2v) is 3.09. The zero-order chi connectivity index (χ0) is 9.26. The molecule has 1 aromatic carbocycles. The molecule has 0 spiro atoms. The molecule has 0 unspecified atom stereocenters. The number of rotatable bonds is 1. The van der Waals surface area contributed by atoms with Crippen LogP contribution in [0.4, 0.5) is 0 Å². The summed E-state index contributed by atoms with van der Waals surface area (Å²) in [6.07, 6.45) is 1.29. The first-order valence-electron chi connectivity index (χ1n) is 4.31. The molecule has 2 aromatic rings. The smallest absolute Gasteiger partial charge is 0.0769 e. The van der Waals surface area contributed by atoms with Crippen LogP contribution in [0.2, 0.25) is 0 Å². The first kappa shape index (κ1) is 8.20. The molecule has 0 aliphatic heterocycles. The molecule has 0 saturated carbocycles. The molecule has 0 aliphatic carbocycles. The van der Waals surface area contributed by atoms with E-state index in [2.05, 4.69) is 4.98 Å². The Labute approximate surface area is 76.9 Å². The maximum Gasteiger partial charge on any atom is 0.0769 e. The van der Waals surface area contributed by atoms with Crippen molar-refractivity contribution in [3.8, 4) is 0 Å². The quantitative estimate of drug-likeness (QED) is 0.717. The lowest BCUT2D eigenvalue weighted by Gasteiger charge is -2.07. The Hall–Kier alpha value is -1.41. The minimum Gasteiger partial charge on any atom is -0.389 e. The van der Waals surface area contributed by atoms with Crippen molar-refractivity contribution in [2.45, 2.75) is 13.0 Å². The Morgan fingerprint density at radius 2 is 2.00 bits per heavy atom. The van der Waals surface area contributed by atoms with E-state index in [1.807, 2.05) is 30.3 Å². The summed E-state index contributed by atoms with van der Waals surface area (Å²) < 4.78 is 0. The van der Waals surface area contributed by atoms with Gasteiger partial charge in [0.2, 0.25) is 0 Å². The largest absolute Gasteiger partial charge is 0.389 e. The van der Waals surface area contributed by atoms with Gasteiger partial charge in [-0.15, -0.1) is 0 Å². The summed E-state index contributed by atoms with van der Waals surface area (Å²) >= 11 is 0. The van der Waals surface area contributed by atoms with Gasteiger partial charge in [-0.05, 0) is 24.6 Å². The first-order valence-corrected chi connectivity index (χ1v) is 4.31.